The largest absolute Gasteiger partial charge is 0.388 e. The highest BCUT2D eigenvalue weighted by Crippen LogP contribution is 2.30. The van der Waals surface area contributed by atoms with E-state index in [-0.39, 0.29) is 5.82 Å². The normalized spacial score (nSPS) is 10.6. The van der Waals surface area contributed by atoms with E-state index >= 15 is 0 Å². The maximum absolute atomic E-state index is 13.8. The van der Waals surface area contributed by atoms with Gasteiger partial charge in [-0.2, -0.15) is 0 Å². The van der Waals surface area contributed by atoms with Crippen LogP contribution in [0.4, 0.5) is 10.1 Å². The molecule has 5 rings (SSSR count). The summed E-state index contributed by atoms with van der Waals surface area (Å²) in [6.07, 6.45) is 15.9. The summed E-state index contributed by atoms with van der Waals surface area (Å²) in [5, 5.41) is 6.64. The third-order valence-electron chi connectivity index (χ3n) is 6.02. The Labute approximate surface area is 216 Å². The van der Waals surface area contributed by atoms with E-state index in [1.54, 1.807) is 18.5 Å². The summed E-state index contributed by atoms with van der Waals surface area (Å²) in [7, 11) is 1.92. The number of anilines is 1. The summed E-state index contributed by atoms with van der Waals surface area (Å²) < 4.78 is 13.8. The Kier molecular flexibility index (Phi) is 8.24. The molecule has 0 bridgehead atoms. The number of H-pyrrole nitrogens is 1. The summed E-state index contributed by atoms with van der Waals surface area (Å²) in [4.78, 5) is 17.0. The first-order valence-corrected chi connectivity index (χ1v) is 12.0. The molecule has 5 aromatic rings. The van der Waals surface area contributed by atoms with Crippen molar-refractivity contribution in [3.05, 3.63) is 96.1 Å². The number of halogens is 1. The minimum atomic E-state index is -0.283. The lowest BCUT2D eigenvalue weighted by atomic mass is 10.00. The summed E-state index contributed by atoms with van der Waals surface area (Å²) in [6.45, 7) is 3.80. The smallest absolute Gasteiger partial charge is 0.123 e. The van der Waals surface area contributed by atoms with Crippen LogP contribution in [0.25, 0.3) is 33.3 Å². The second-order valence-corrected chi connectivity index (χ2v) is 8.44. The first-order chi connectivity index (χ1) is 18.1. The highest BCUT2D eigenvalue weighted by molar-refractivity contribution is 5.91. The number of imidazole rings is 1. The van der Waals surface area contributed by atoms with E-state index in [0.717, 1.165) is 69.0 Å². The molecule has 6 nitrogen and oxygen atoms in total. The zero-order valence-corrected chi connectivity index (χ0v) is 20.9. The fourth-order valence-corrected chi connectivity index (χ4v) is 4.29. The number of aromatic nitrogens is 4. The Morgan fingerprint density at radius 3 is 2.54 bits per heavy atom. The molecule has 0 saturated carbocycles. The summed E-state index contributed by atoms with van der Waals surface area (Å²) in [5.74, 6) is 0.535. The molecule has 0 amide bonds. The molecule has 0 atom stereocenters. The molecule has 0 aliphatic carbocycles. The van der Waals surface area contributed by atoms with Crippen molar-refractivity contribution in [2.24, 2.45) is 0 Å². The molecule has 0 fully saturated rings. The molecule has 0 radical (unpaired) electrons. The molecule has 37 heavy (non-hydrogen) atoms. The number of hydrogen-bond donors (Lipinski definition) is 3. The number of fused-ring (bicyclic) bond motifs is 1. The summed E-state index contributed by atoms with van der Waals surface area (Å²) in [5.41, 5.74) is 8.63. The SMILES string of the molecule is C#C.CCNCc1cncc(-c2ccc(NC)c(Cc3nc4c(-c5cccc(F)c5)cncc4[nH]3)c2)c1. The van der Waals surface area contributed by atoms with Crippen LogP contribution in [0.2, 0.25) is 0 Å². The minimum Gasteiger partial charge on any atom is -0.388 e. The van der Waals surface area contributed by atoms with Gasteiger partial charge in [-0.15, -0.1) is 12.8 Å². The maximum atomic E-state index is 13.8. The molecule has 7 heteroatoms. The molecule has 186 valence electrons. The lowest BCUT2D eigenvalue weighted by Crippen LogP contribution is -2.11. The highest BCUT2D eigenvalue weighted by Gasteiger charge is 2.13. The van der Waals surface area contributed by atoms with Crippen molar-refractivity contribution >= 4 is 16.7 Å². The molecule has 3 heterocycles. The van der Waals surface area contributed by atoms with Crippen LogP contribution < -0.4 is 10.6 Å². The second-order valence-electron chi connectivity index (χ2n) is 8.44. The van der Waals surface area contributed by atoms with Gasteiger partial charge in [-0.3, -0.25) is 9.97 Å². The van der Waals surface area contributed by atoms with Gasteiger partial charge in [0.1, 0.15) is 11.6 Å². The van der Waals surface area contributed by atoms with Gasteiger partial charge in [0.25, 0.3) is 0 Å². The van der Waals surface area contributed by atoms with E-state index in [0.29, 0.717) is 6.42 Å². The van der Waals surface area contributed by atoms with Crippen LogP contribution in [0.5, 0.6) is 0 Å². The second kappa shape index (κ2) is 11.9. The summed E-state index contributed by atoms with van der Waals surface area (Å²) in [6, 6.07) is 15.1. The lowest BCUT2D eigenvalue weighted by Gasteiger charge is -2.12. The van der Waals surface area contributed by atoms with Gasteiger partial charge in [0, 0.05) is 55.4 Å². The van der Waals surface area contributed by atoms with Crippen molar-refractivity contribution < 1.29 is 4.39 Å². The van der Waals surface area contributed by atoms with Crippen molar-refractivity contribution in [2.45, 2.75) is 19.9 Å². The van der Waals surface area contributed by atoms with Crippen molar-refractivity contribution in [1.29, 1.82) is 0 Å². The van der Waals surface area contributed by atoms with E-state index in [2.05, 4.69) is 69.6 Å². The van der Waals surface area contributed by atoms with Crippen LogP contribution >= 0.6 is 0 Å². The predicted molar refractivity (Wildman–Crippen MR) is 149 cm³/mol. The highest BCUT2D eigenvalue weighted by atomic mass is 19.1. The number of terminal acetylenes is 1. The molecule has 0 spiro atoms. The number of nitrogens with zero attached hydrogens (tertiary/aromatic N) is 3. The maximum Gasteiger partial charge on any atom is 0.123 e. The Hall–Kier alpha value is -4.54. The van der Waals surface area contributed by atoms with Crippen molar-refractivity contribution in [2.75, 3.05) is 18.9 Å². The first kappa shape index (κ1) is 25.5. The van der Waals surface area contributed by atoms with Crippen LogP contribution in [0.1, 0.15) is 23.9 Å². The predicted octanol–water partition coefficient (Wildman–Crippen LogP) is 5.82. The van der Waals surface area contributed by atoms with E-state index in [1.165, 1.54) is 12.1 Å². The van der Waals surface area contributed by atoms with Gasteiger partial charge in [0.05, 0.1) is 17.2 Å². The third kappa shape index (κ3) is 5.83. The van der Waals surface area contributed by atoms with Gasteiger partial charge in [-0.25, -0.2) is 9.37 Å². The van der Waals surface area contributed by atoms with Gasteiger partial charge in [0.15, 0.2) is 0 Å². The quantitative estimate of drug-likeness (QED) is 0.238. The van der Waals surface area contributed by atoms with Crippen LogP contribution in [-0.2, 0) is 13.0 Å². The number of rotatable bonds is 8. The number of nitrogens with one attached hydrogen (secondary N) is 3. The minimum absolute atomic E-state index is 0.283. The zero-order chi connectivity index (χ0) is 26.2. The third-order valence-corrected chi connectivity index (χ3v) is 6.02. The molecule has 3 N–H and O–H groups in total. The molecular formula is C30H29FN6. The molecule has 0 aliphatic heterocycles. The van der Waals surface area contributed by atoms with E-state index in [1.807, 2.05) is 25.5 Å². The van der Waals surface area contributed by atoms with Crippen LogP contribution in [0, 0.1) is 18.7 Å². The fourth-order valence-electron chi connectivity index (χ4n) is 4.29. The molecule has 0 unspecified atom stereocenters. The van der Waals surface area contributed by atoms with Gasteiger partial charge in [0.2, 0.25) is 0 Å². The lowest BCUT2D eigenvalue weighted by molar-refractivity contribution is 0.628. The number of benzene rings is 2. The van der Waals surface area contributed by atoms with E-state index in [4.69, 9.17) is 4.98 Å². The van der Waals surface area contributed by atoms with Crippen molar-refractivity contribution in [1.82, 2.24) is 25.3 Å². The zero-order valence-electron chi connectivity index (χ0n) is 20.9. The van der Waals surface area contributed by atoms with Gasteiger partial charge < -0.3 is 15.6 Å². The average molecular weight is 493 g/mol. The van der Waals surface area contributed by atoms with Gasteiger partial charge in [-0.05, 0) is 59.1 Å². The Bertz CT molecular complexity index is 1520. The van der Waals surface area contributed by atoms with Gasteiger partial charge >= 0.3 is 0 Å². The molecule has 0 aliphatic rings. The molecule has 2 aromatic carbocycles. The number of aromatic amines is 1. The molecular weight excluding hydrogens is 463 g/mol. The molecule has 3 aromatic heterocycles. The Morgan fingerprint density at radius 1 is 0.919 bits per heavy atom. The summed E-state index contributed by atoms with van der Waals surface area (Å²) >= 11 is 0. The number of hydrogen-bond acceptors (Lipinski definition) is 5. The van der Waals surface area contributed by atoms with Crippen LogP contribution in [0.3, 0.4) is 0 Å². The van der Waals surface area contributed by atoms with E-state index in [9.17, 15) is 4.39 Å². The van der Waals surface area contributed by atoms with Crippen molar-refractivity contribution in [3.8, 4) is 35.1 Å². The monoisotopic (exact) mass is 492 g/mol. The van der Waals surface area contributed by atoms with Crippen LogP contribution in [0.15, 0.2) is 73.3 Å². The standard InChI is InChI=1S/C28H27FN6.C2H2/c1-3-31-13-18-9-22(15-32-14-18)19-7-8-25(30-2)21(10-19)12-27-34-26-17-33-16-24(28(26)35-27)20-5-4-6-23(29)11-20;1-2/h4-11,14-17,30-31H,3,12-13H2,1-2H3,(H,34,35);1-2H. The Morgan fingerprint density at radius 2 is 1.76 bits per heavy atom. The Balaban J connectivity index is 0.00000156. The molecule has 0 saturated heterocycles. The number of pyridine rings is 2. The van der Waals surface area contributed by atoms with Crippen LogP contribution in [-0.4, -0.2) is 33.5 Å². The average Bonchev–Trinajstić information content (AvgIpc) is 3.35. The fraction of sp³-hybridized carbons (Fsp3) is 0.167. The van der Waals surface area contributed by atoms with Gasteiger partial charge in [-0.1, -0.05) is 25.1 Å². The van der Waals surface area contributed by atoms with E-state index < -0.39 is 0 Å². The first-order valence-electron chi connectivity index (χ1n) is 12.0. The topological polar surface area (TPSA) is 78.5 Å². The van der Waals surface area contributed by atoms with Crippen molar-refractivity contribution in [3.63, 3.8) is 0 Å².